The lowest BCUT2D eigenvalue weighted by Gasteiger charge is -2.22. The summed E-state index contributed by atoms with van der Waals surface area (Å²) in [6.45, 7) is 2.05. The van der Waals surface area contributed by atoms with E-state index in [9.17, 15) is 13.2 Å². The molecule has 9 heteroatoms. The zero-order chi connectivity index (χ0) is 20.4. The molecule has 4 rings (SSSR count). The summed E-state index contributed by atoms with van der Waals surface area (Å²) in [5.41, 5.74) is 1.54. The predicted molar refractivity (Wildman–Crippen MR) is 109 cm³/mol. The van der Waals surface area contributed by atoms with Crippen molar-refractivity contribution in [1.29, 1.82) is 0 Å². The van der Waals surface area contributed by atoms with Gasteiger partial charge in [-0.15, -0.1) is 0 Å². The van der Waals surface area contributed by atoms with Gasteiger partial charge in [-0.3, -0.25) is 9.48 Å². The van der Waals surface area contributed by atoms with Crippen molar-refractivity contribution in [1.82, 2.24) is 9.78 Å². The number of fused-ring (bicyclic) bond motifs is 1. The number of nitrogens with one attached hydrogen (secondary N) is 1. The van der Waals surface area contributed by atoms with E-state index in [0.29, 0.717) is 37.1 Å². The van der Waals surface area contributed by atoms with E-state index in [-0.39, 0.29) is 10.8 Å². The molecule has 1 saturated heterocycles. The summed E-state index contributed by atoms with van der Waals surface area (Å²) in [7, 11) is -3.86. The molecule has 3 aromatic rings. The van der Waals surface area contributed by atoms with E-state index < -0.39 is 10.0 Å². The Morgan fingerprint density at radius 1 is 1.17 bits per heavy atom. The number of carbonyl (C=O) groups is 1. The van der Waals surface area contributed by atoms with Crippen LogP contribution in [0, 0.1) is 5.92 Å². The maximum absolute atomic E-state index is 13.1. The molecule has 0 unspecified atom stereocenters. The maximum Gasteiger partial charge on any atom is 0.274 e. The second-order valence-electron chi connectivity index (χ2n) is 7.13. The molecule has 1 aromatic heterocycles. The molecule has 1 aliphatic heterocycles. The fourth-order valence-corrected chi connectivity index (χ4v) is 4.13. The summed E-state index contributed by atoms with van der Waals surface area (Å²) in [6, 6.07) is 13.4. The van der Waals surface area contributed by atoms with E-state index in [0.717, 1.165) is 23.7 Å². The maximum atomic E-state index is 13.1. The Balaban J connectivity index is 1.67. The molecule has 0 aliphatic carbocycles. The van der Waals surface area contributed by atoms with E-state index in [1.165, 1.54) is 18.2 Å². The molecular weight excluding hydrogens is 392 g/mol. The third-order valence-corrected chi connectivity index (χ3v) is 5.96. The fraction of sp³-hybridized carbons (Fsp3) is 0.300. The average molecular weight is 414 g/mol. The van der Waals surface area contributed by atoms with Gasteiger partial charge in [-0.2, -0.15) is 5.10 Å². The van der Waals surface area contributed by atoms with E-state index in [2.05, 4.69) is 10.4 Å². The summed E-state index contributed by atoms with van der Waals surface area (Å²) >= 11 is 0. The van der Waals surface area contributed by atoms with Gasteiger partial charge in [0, 0.05) is 30.8 Å². The summed E-state index contributed by atoms with van der Waals surface area (Å²) < 4.78 is 30.4. The predicted octanol–water partition coefficient (Wildman–Crippen LogP) is 2.36. The second-order valence-corrected chi connectivity index (χ2v) is 8.69. The Kier molecular flexibility index (Phi) is 5.35. The molecule has 1 fully saturated rings. The molecule has 0 saturated carbocycles. The van der Waals surface area contributed by atoms with Crippen LogP contribution >= 0.6 is 0 Å². The van der Waals surface area contributed by atoms with Crippen molar-refractivity contribution in [2.24, 2.45) is 11.1 Å². The van der Waals surface area contributed by atoms with Gasteiger partial charge in [0.15, 0.2) is 0 Å². The lowest BCUT2D eigenvalue weighted by molar-refractivity contribution is 0.0598. The third-order valence-electron chi connectivity index (χ3n) is 5.05. The van der Waals surface area contributed by atoms with Gasteiger partial charge in [0.25, 0.3) is 5.91 Å². The molecular formula is C20H22N4O4S. The summed E-state index contributed by atoms with van der Waals surface area (Å²) in [5, 5.41) is 13.3. The first-order chi connectivity index (χ1) is 13.9. The Bertz CT molecular complexity index is 1150. The smallest absolute Gasteiger partial charge is 0.274 e. The van der Waals surface area contributed by atoms with Gasteiger partial charge >= 0.3 is 0 Å². The van der Waals surface area contributed by atoms with Gasteiger partial charge in [-0.25, -0.2) is 13.6 Å². The molecule has 3 N–H and O–H groups in total. The highest BCUT2D eigenvalue weighted by molar-refractivity contribution is 7.89. The summed E-state index contributed by atoms with van der Waals surface area (Å²) in [4.78, 5) is 13.1. The number of sulfonamides is 1. The Morgan fingerprint density at radius 2 is 1.93 bits per heavy atom. The second kappa shape index (κ2) is 7.94. The van der Waals surface area contributed by atoms with Crippen LogP contribution in [0.1, 0.15) is 23.3 Å². The van der Waals surface area contributed by atoms with Crippen LogP contribution in [0.4, 0.5) is 5.69 Å². The van der Waals surface area contributed by atoms with Gasteiger partial charge in [0.2, 0.25) is 10.0 Å². The van der Waals surface area contributed by atoms with Gasteiger partial charge < -0.3 is 10.1 Å². The first-order valence-corrected chi connectivity index (χ1v) is 10.9. The van der Waals surface area contributed by atoms with E-state index in [1.54, 1.807) is 10.7 Å². The SMILES string of the molecule is NS(=O)(=O)c1cccc(NC(=O)c2c3ccccc3nn2CC2CCOCC2)c1. The van der Waals surface area contributed by atoms with Crippen molar-refractivity contribution in [3.05, 3.63) is 54.2 Å². The minimum Gasteiger partial charge on any atom is -0.381 e. The monoisotopic (exact) mass is 414 g/mol. The number of rotatable bonds is 5. The van der Waals surface area contributed by atoms with Crippen LogP contribution in [0.25, 0.3) is 10.9 Å². The molecule has 0 spiro atoms. The molecule has 2 heterocycles. The number of hydrogen-bond donors (Lipinski definition) is 2. The van der Waals surface area contributed by atoms with Crippen LogP contribution in [0.15, 0.2) is 53.4 Å². The van der Waals surface area contributed by atoms with Gasteiger partial charge in [0.05, 0.1) is 10.4 Å². The molecule has 0 bridgehead atoms. The van der Waals surface area contributed by atoms with E-state index in [4.69, 9.17) is 9.88 Å². The van der Waals surface area contributed by atoms with Crippen molar-refractivity contribution >= 4 is 32.5 Å². The molecule has 0 radical (unpaired) electrons. The Labute approximate surface area is 168 Å². The van der Waals surface area contributed by atoms with Crippen molar-refractivity contribution in [2.45, 2.75) is 24.3 Å². The van der Waals surface area contributed by atoms with Crippen LogP contribution < -0.4 is 10.5 Å². The molecule has 8 nitrogen and oxygen atoms in total. The number of hydrogen-bond acceptors (Lipinski definition) is 5. The number of ether oxygens (including phenoxy) is 1. The van der Waals surface area contributed by atoms with Crippen LogP contribution in [0.2, 0.25) is 0 Å². The zero-order valence-electron chi connectivity index (χ0n) is 15.7. The molecule has 2 aromatic carbocycles. The highest BCUT2D eigenvalue weighted by Gasteiger charge is 2.22. The molecule has 0 atom stereocenters. The quantitative estimate of drug-likeness (QED) is 0.665. The number of amides is 1. The Hall–Kier alpha value is -2.75. The average Bonchev–Trinajstić information content (AvgIpc) is 3.06. The van der Waals surface area contributed by atoms with Gasteiger partial charge in [-0.1, -0.05) is 24.3 Å². The number of primary sulfonamides is 1. The van der Waals surface area contributed by atoms with E-state index >= 15 is 0 Å². The van der Waals surface area contributed by atoms with Crippen LogP contribution in [-0.2, 0) is 21.3 Å². The first-order valence-electron chi connectivity index (χ1n) is 9.39. The normalized spacial score (nSPS) is 15.5. The number of carbonyl (C=O) groups excluding carboxylic acids is 1. The van der Waals surface area contributed by atoms with Gasteiger partial charge in [-0.05, 0) is 43.0 Å². The third kappa shape index (κ3) is 4.31. The van der Waals surface area contributed by atoms with Crippen LogP contribution in [0.3, 0.4) is 0 Å². The summed E-state index contributed by atoms with van der Waals surface area (Å²) in [5.74, 6) is 0.0349. The molecule has 152 valence electrons. The lowest BCUT2D eigenvalue weighted by Crippen LogP contribution is -2.24. The number of nitrogens with two attached hydrogens (primary N) is 1. The highest BCUT2D eigenvalue weighted by atomic mass is 32.2. The first kappa shape index (κ1) is 19.6. The van der Waals surface area contributed by atoms with Crippen molar-refractivity contribution in [2.75, 3.05) is 18.5 Å². The molecule has 1 aliphatic rings. The van der Waals surface area contributed by atoms with Gasteiger partial charge in [0.1, 0.15) is 5.69 Å². The number of nitrogens with zero attached hydrogens (tertiary/aromatic N) is 2. The minimum atomic E-state index is -3.86. The summed E-state index contributed by atoms with van der Waals surface area (Å²) in [6.07, 6.45) is 1.85. The topological polar surface area (TPSA) is 116 Å². The zero-order valence-corrected chi connectivity index (χ0v) is 16.6. The van der Waals surface area contributed by atoms with Crippen molar-refractivity contribution < 1.29 is 17.9 Å². The number of aromatic nitrogens is 2. The molecule has 29 heavy (non-hydrogen) atoms. The van der Waals surface area contributed by atoms with E-state index in [1.807, 2.05) is 24.3 Å². The number of anilines is 1. The van der Waals surface area contributed by atoms with Crippen molar-refractivity contribution in [3.8, 4) is 0 Å². The minimum absolute atomic E-state index is 0.0594. The lowest BCUT2D eigenvalue weighted by atomic mass is 10.0. The molecule has 1 amide bonds. The van der Waals surface area contributed by atoms with Crippen LogP contribution in [-0.4, -0.2) is 37.3 Å². The largest absolute Gasteiger partial charge is 0.381 e. The van der Waals surface area contributed by atoms with Crippen molar-refractivity contribution in [3.63, 3.8) is 0 Å². The Morgan fingerprint density at radius 3 is 2.69 bits per heavy atom. The standard InChI is InChI=1S/C20H22N4O4S/c21-29(26,27)16-5-3-4-15(12-16)22-20(25)19-17-6-1-2-7-18(17)23-24(19)13-14-8-10-28-11-9-14/h1-7,12,14H,8-11,13H2,(H,22,25)(H2,21,26,27). The fourth-order valence-electron chi connectivity index (χ4n) is 3.57. The highest BCUT2D eigenvalue weighted by Crippen LogP contribution is 2.24. The number of benzene rings is 2. The van der Waals surface area contributed by atoms with Crippen LogP contribution in [0.5, 0.6) is 0 Å².